The van der Waals surface area contributed by atoms with Gasteiger partial charge >= 0.3 is 11.9 Å². The van der Waals surface area contributed by atoms with E-state index in [9.17, 15) is 58.1 Å². The van der Waals surface area contributed by atoms with Gasteiger partial charge < -0.3 is 109 Å². The number of aromatic amines is 1. The molecule has 135 heavy (non-hydrogen) atoms. The summed E-state index contributed by atoms with van der Waals surface area (Å²) < 4.78 is 50.5. The Labute approximate surface area is 781 Å². The van der Waals surface area contributed by atoms with Crippen LogP contribution in [0.25, 0.3) is 10.9 Å². The third-order valence-electron chi connectivity index (χ3n) is 24.0. The molecule has 5 aromatic carbocycles. The van der Waals surface area contributed by atoms with E-state index in [0.29, 0.717) is 75.6 Å². The average Bonchev–Trinajstić information content (AvgIpc) is 1.77. The second-order valence-corrected chi connectivity index (χ2v) is 35.1. The van der Waals surface area contributed by atoms with Crippen molar-refractivity contribution in [3.63, 3.8) is 0 Å². The molecule has 42 heteroatoms. The number of H-pyrrole nitrogens is 1. The van der Waals surface area contributed by atoms with Gasteiger partial charge in [0.2, 0.25) is 88.6 Å². The number of phenolic OH excluding ortho intramolecular Hbond substituents is 1. The molecule has 3 aliphatic rings. The van der Waals surface area contributed by atoms with Crippen LogP contribution in [0.1, 0.15) is 126 Å². The molecular weight excluding hydrogens is 1780 g/mol. The predicted molar refractivity (Wildman–Crippen MR) is 487 cm³/mol. The van der Waals surface area contributed by atoms with Crippen molar-refractivity contribution in [3.8, 4) is 11.5 Å². The third kappa shape index (κ3) is 29.2. The number of nitrogens with two attached hydrogens (primary N) is 2. The minimum absolute atomic E-state index is 0.0635. The Morgan fingerprint density at radius 3 is 1.70 bits per heavy atom. The van der Waals surface area contributed by atoms with Crippen LogP contribution in [0.3, 0.4) is 0 Å². The molecule has 13 atom stereocenters. The van der Waals surface area contributed by atoms with Crippen molar-refractivity contribution in [2.24, 2.45) is 17.4 Å². The highest BCUT2D eigenvalue weighted by atomic mass is 32.2. The average molecular weight is 1900 g/mol. The van der Waals surface area contributed by atoms with Gasteiger partial charge in [0, 0.05) is 95.6 Å². The number of amides is 15. The second kappa shape index (κ2) is 49.9. The molecule has 3 aliphatic heterocycles. The van der Waals surface area contributed by atoms with Gasteiger partial charge in [-0.3, -0.25) is 81.5 Å². The highest BCUT2D eigenvalue weighted by molar-refractivity contribution is 8.00. The number of aromatic nitrogens is 1. The van der Waals surface area contributed by atoms with Crippen LogP contribution in [-0.4, -0.2) is 290 Å². The molecule has 38 nitrogen and oxygen atoms in total. The molecule has 17 N–H and O–H groups in total. The Morgan fingerprint density at radius 1 is 0.533 bits per heavy atom. The van der Waals surface area contributed by atoms with Crippen molar-refractivity contribution < 1.29 is 115 Å². The van der Waals surface area contributed by atoms with E-state index in [1.54, 1.807) is 92.0 Å². The first-order valence-electron chi connectivity index (χ1n) is 44.5. The number of fused-ring (bicyclic) bond motifs is 3. The van der Waals surface area contributed by atoms with E-state index in [2.05, 4.69) is 52.8 Å². The number of ether oxygens (including phenoxy) is 1. The Hall–Kier alpha value is -13.7. The summed E-state index contributed by atoms with van der Waals surface area (Å²) in [7, 11) is 5.06. The van der Waals surface area contributed by atoms with Crippen LogP contribution in [0.2, 0.25) is 0 Å². The number of benzene rings is 5. The number of hydrogen-bond donors (Lipinski definition) is 15. The topological polar surface area (TPSA) is 552 Å². The van der Waals surface area contributed by atoms with Crippen molar-refractivity contribution in [1.82, 2.24) is 77.3 Å². The zero-order chi connectivity index (χ0) is 98.6. The molecule has 0 saturated carbocycles. The van der Waals surface area contributed by atoms with Gasteiger partial charge in [-0.1, -0.05) is 106 Å². The van der Waals surface area contributed by atoms with Crippen LogP contribution in [0, 0.1) is 23.4 Å². The molecule has 1 aromatic heterocycles. The number of piperidine rings is 1. The first kappa shape index (κ1) is 105. The number of thioether (sulfide) groups is 1. The van der Waals surface area contributed by atoms with E-state index in [1.165, 1.54) is 66.4 Å². The Morgan fingerprint density at radius 2 is 1.07 bits per heavy atom. The maximum Gasteiger partial charge on any atom is 0.305 e. The molecule has 3 saturated heterocycles. The standard InChI is InChI=1S/C93H118F3N17O21S/c1-8-9-22-72-92(132)113-38-17-24-71(113)87(127)106-67(46-78(119)120)85(125)108-80(51(2)3)93(133)110(5)73(43-52-18-11-10-12-19-52)88(128)103-64(33-34-77(117)118)90(130)112-37-16-15-23-70(112)86(126)105-66(45-56-47-99-62-21-14-13-20-59(56)62)84(124)104-65(41-53-25-29-57(114)30-26-53)83(123)102-63(35-36-97)82(122)107-69(81(121)100-48-75(98)115)49-135-50-76(116)101-68(42-55-39-60(94)79(96)61(95)40-55)89(129)111(6)74(91(131)109(72)4)44-54-27-31-58(134-7)32-28-54/h10-14,18-21,25-32,39-40,47,51,63-74,80,99,114H,8-9,15-17,22-24,33-38,41-46,48-50,97H2,1-7H3,(H2,98,115)(H,100,121)(H,101,116)(H,102,123)(H,103,128)(H,104,124)(H,105,126)(H,106,127)(H,107,122)(H,108,125)(H,117,118)(H,119,120)/t63-,64-,65-,66-,67-,68-,69-,70+,71+,72-,73-,74-,80-/m0/s1. The zero-order valence-corrected chi connectivity index (χ0v) is 76.8. The molecular formula is C93H118F3N17O21S. The van der Waals surface area contributed by atoms with Gasteiger partial charge in [-0.05, 0) is 134 Å². The highest BCUT2D eigenvalue weighted by Crippen LogP contribution is 2.29. The first-order valence-corrected chi connectivity index (χ1v) is 45.7. The molecule has 728 valence electrons. The number of aromatic hydroxyl groups is 1. The lowest BCUT2D eigenvalue weighted by molar-refractivity contribution is -0.152. The number of phenols is 1. The number of unbranched alkanes of at least 4 members (excludes halogenated alkanes) is 1. The second-order valence-electron chi connectivity index (χ2n) is 34.0. The van der Waals surface area contributed by atoms with Crippen LogP contribution in [-0.2, 0) is 114 Å². The van der Waals surface area contributed by atoms with E-state index in [-0.39, 0.29) is 95.2 Å². The molecule has 3 fully saturated rings. The number of rotatable bonds is 25. The SMILES string of the molecule is CCCC[C@H]1C(=O)N2CCC[C@@H]2C(=O)N[C@@H](CC(=O)O)C(=O)N[C@@H](C(C)C)C(=O)N(C)[C@@H](Cc2ccccc2)C(=O)N[C@@H](CCC(=O)O)C(=O)N2CCCC[C@@H]2C(=O)N[C@@H](Cc2c[nH]c3ccccc23)C(=O)N[C@@H](Cc2ccc(O)cc2)C(=O)N[C@@H](CCN)C(=O)N[C@H](C(=O)NCC(N)=O)CSCC(=O)N[C@@H](Cc2cc(F)c(F)c(F)c2)C(=O)N(C)[C@@H](Cc2ccc(OC)cc2)C(=O)N1C. The number of nitrogens with zero attached hydrogens (tertiary/aromatic N) is 5. The molecule has 4 heterocycles. The highest BCUT2D eigenvalue weighted by Gasteiger charge is 2.46. The fourth-order valence-electron chi connectivity index (χ4n) is 16.5. The van der Waals surface area contributed by atoms with Crippen molar-refractivity contribution in [2.75, 3.05) is 65.9 Å². The van der Waals surface area contributed by atoms with Crippen LogP contribution in [0.4, 0.5) is 13.2 Å². The summed E-state index contributed by atoms with van der Waals surface area (Å²) in [6, 6.07) is 6.27. The van der Waals surface area contributed by atoms with E-state index in [1.807, 2.05) is 0 Å². The van der Waals surface area contributed by atoms with Crippen molar-refractivity contribution >= 4 is 123 Å². The number of hydrogen-bond acceptors (Lipinski definition) is 21. The van der Waals surface area contributed by atoms with Crippen LogP contribution in [0.15, 0.2) is 121 Å². The number of nitrogens with one attached hydrogen (secondary N) is 10. The summed E-state index contributed by atoms with van der Waals surface area (Å²) in [4.78, 5) is 259. The number of primary amides is 1. The minimum Gasteiger partial charge on any atom is -0.508 e. The quantitative estimate of drug-likeness (QED) is 0.0360. The summed E-state index contributed by atoms with van der Waals surface area (Å²) in [5, 5.41) is 54.7. The lowest BCUT2D eigenvalue weighted by Crippen LogP contribution is -2.63. The van der Waals surface area contributed by atoms with E-state index >= 15 is 51.9 Å². The fourth-order valence-corrected chi connectivity index (χ4v) is 17.4. The van der Waals surface area contributed by atoms with Crippen LogP contribution >= 0.6 is 11.8 Å². The Bertz CT molecular complexity index is 5250. The van der Waals surface area contributed by atoms with Gasteiger partial charge in [-0.15, -0.1) is 11.8 Å². The monoisotopic (exact) mass is 1900 g/mol. The van der Waals surface area contributed by atoms with Gasteiger partial charge in [0.25, 0.3) is 0 Å². The summed E-state index contributed by atoms with van der Waals surface area (Å²) in [6.07, 6.45) is -2.14. The Kier molecular flexibility index (Phi) is 38.8. The van der Waals surface area contributed by atoms with Crippen LogP contribution in [0.5, 0.6) is 11.5 Å². The summed E-state index contributed by atoms with van der Waals surface area (Å²) in [6.45, 7) is 3.42. The van der Waals surface area contributed by atoms with Crippen molar-refractivity contribution in [1.29, 1.82) is 0 Å². The van der Waals surface area contributed by atoms with E-state index in [4.69, 9.17) is 16.2 Å². The molecule has 6 aromatic rings. The number of carboxylic acid groups (broad SMARTS) is 2. The fraction of sp³-hybridized carbons (Fsp3) is 0.473. The Balaban J connectivity index is 1.14. The first-order chi connectivity index (χ1) is 64.3. The van der Waals surface area contributed by atoms with Crippen molar-refractivity contribution in [3.05, 3.63) is 167 Å². The number of likely N-dealkylation sites (N-methyl/N-ethyl adjacent to an activating group) is 3. The van der Waals surface area contributed by atoms with Gasteiger partial charge in [0.1, 0.15) is 90.0 Å². The molecule has 0 aliphatic carbocycles. The third-order valence-corrected chi connectivity index (χ3v) is 25.0. The number of methoxy groups -OCH3 is 1. The number of carbonyl (C=O) groups is 17. The molecule has 0 unspecified atom stereocenters. The molecule has 9 rings (SSSR count). The van der Waals surface area contributed by atoms with E-state index < -0.39 is 253 Å². The van der Waals surface area contributed by atoms with Crippen LogP contribution < -0.4 is 64.1 Å². The normalized spacial score (nSPS) is 23.4. The zero-order valence-electron chi connectivity index (χ0n) is 76.0. The van der Waals surface area contributed by atoms with Gasteiger partial charge in [0.15, 0.2) is 17.5 Å². The number of carbonyl (C=O) groups excluding carboxylic acids is 15. The number of aliphatic carboxylic acids is 2. The lowest BCUT2D eigenvalue weighted by Gasteiger charge is -2.38. The summed E-state index contributed by atoms with van der Waals surface area (Å²) >= 11 is 0.636. The summed E-state index contributed by atoms with van der Waals surface area (Å²) in [5.41, 5.74) is 13.4. The number of carboxylic acids is 2. The largest absolute Gasteiger partial charge is 0.508 e. The lowest BCUT2D eigenvalue weighted by atomic mass is 9.97. The summed E-state index contributed by atoms with van der Waals surface area (Å²) in [5.74, 6) is -25.6. The number of halogens is 3. The van der Waals surface area contributed by atoms with Gasteiger partial charge in [-0.25, -0.2) is 13.2 Å². The molecule has 0 bridgehead atoms. The molecule has 0 spiro atoms. The minimum atomic E-state index is -1.98. The maximum absolute atomic E-state index is 15.8. The van der Waals surface area contributed by atoms with Crippen molar-refractivity contribution in [2.45, 2.75) is 208 Å². The van der Waals surface area contributed by atoms with E-state index in [0.717, 1.165) is 24.5 Å². The molecule has 0 radical (unpaired) electrons. The van der Waals surface area contributed by atoms with Gasteiger partial charge in [-0.2, -0.15) is 0 Å². The number of para-hydroxylation sites is 1. The predicted octanol–water partition coefficient (Wildman–Crippen LogP) is 1.43. The van der Waals surface area contributed by atoms with Gasteiger partial charge in [0.05, 0.1) is 25.8 Å². The molecule has 15 amide bonds. The smallest absolute Gasteiger partial charge is 0.305 e. The maximum atomic E-state index is 15.8.